The van der Waals surface area contributed by atoms with Crippen LogP contribution in [-0.4, -0.2) is 20.2 Å². The van der Waals surface area contributed by atoms with Crippen LogP contribution >= 0.6 is 0 Å². The average Bonchev–Trinajstić information content (AvgIpc) is 2.99. The molecule has 86 valence electrons. The van der Waals surface area contributed by atoms with Gasteiger partial charge in [0.2, 0.25) is 0 Å². The van der Waals surface area contributed by atoms with Gasteiger partial charge in [-0.1, -0.05) is 12.1 Å². The summed E-state index contributed by atoms with van der Waals surface area (Å²) in [6, 6.07) is 8.24. The van der Waals surface area contributed by atoms with Crippen molar-refractivity contribution in [1.29, 1.82) is 0 Å². The number of aromatic nitrogens is 4. The van der Waals surface area contributed by atoms with Gasteiger partial charge in [0.1, 0.15) is 5.66 Å². The zero-order valence-corrected chi connectivity index (χ0v) is 9.43. The van der Waals surface area contributed by atoms with Crippen molar-refractivity contribution in [1.82, 2.24) is 20.2 Å². The van der Waals surface area contributed by atoms with Crippen molar-refractivity contribution in [2.45, 2.75) is 31.3 Å². The van der Waals surface area contributed by atoms with Gasteiger partial charge in [-0.15, -0.1) is 5.10 Å². The summed E-state index contributed by atoms with van der Waals surface area (Å²) in [5.74, 6) is 0.890. The Labute approximate surface area is 98.8 Å². The summed E-state index contributed by atoms with van der Waals surface area (Å²) in [4.78, 5) is 0. The Morgan fingerprint density at radius 1 is 1.18 bits per heavy atom. The second-order valence-electron chi connectivity index (χ2n) is 4.82. The number of nitrogens with zero attached hydrogens (tertiary/aromatic N) is 4. The highest BCUT2D eigenvalue weighted by Crippen LogP contribution is 2.44. The van der Waals surface area contributed by atoms with E-state index in [0.29, 0.717) is 0 Å². The maximum atomic E-state index is 4.18. The van der Waals surface area contributed by atoms with E-state index < -0.39 is 0 Å². The van der Waals surface area contributed by atoms with E-state index in [1.807, 2.05) is 16.8 Å². The van der Waals surface area contributed by atoms with E-state index >= 15 is 0 Å². The van der Waals surface area contributed by atoms with E-state index in [0.717, 1.165) is 29.9 Å². The maximum Gasteiger partial charge on any atom is 0.186 e. The highest BCUT2D eigenvalue weighted by atomic mass is 15.6. The first-order valence-electron chi connectivity index (χ1n) is 6.06. The topological polar surface area (TPSA) is 55.6 Å². The quantitative estimate of drug-likeness (QED) is 0.747. The summed E-state index contributed by atoms with van der Waals surface area (Å²) in [7, 11) is 0. The van der Waals surface area contributed by atoms with Crippen molar-refractivity contribution in [3.63, 3.8) is 0 Å². The van der Waals surface area contributed by atoms with E-state index in [4.69, 9.17) is 0 Å². The third-order valence-electron chi connectivity index (χ3n) is 3.84. The molecule has 0 radical (unpaired) electrons. The smallest absolute Gasteiger partial charge is 0.186 e. The number of hydrogen-bond acceptors (Lipinski definition) is 4. The molecule has 1 aromatic carbocycles. The summed E-state index contributed by atoms with van der Waals surface area (Å²) in [5, 5.41) is 15.8. The predicted molar refractivity (Wildman–Crippen MR) is 63.3 cm³/mol. The van der Waals surface area contributed by atoms with Crippen LogP contribution in [0.25, 0.3) is 11.4 Å². The van der Waals surface area contributed by atoms with E-state index in [1.54, 1.807) is 0 Å². The molecule has 4 rings (SSSR count). The van der Waals surface area contributed by atoms with Crippen molar-refractivity contribution in [3.05, 3.63) is 24.3 Å². The second-order valence-corrected chi connectivity index (χ2v) is 4.82. The van der Waals surface area contributed by atoms with E-state index in [9.17, 15) is 0 Å². The lowest BCUT2D eigenvalue weighted by Crippen LogP contribution is -2.42. The zero-order chi connectivity index (χ0) is 11.3. The van der Waals surface area contributed by atoms with Gasteiger partial charge in [0, 0.05) is 11.3 Å². The van der Waals surface area contributed by atoms with E-state index in [2.05, 4.69) is 33.0 Å². The Morgan fingerprint density at radius 3 is 2.88 bits per heavy atom. The van der Waals surface area contributed by atoms with Crippen molar-refractivity contribution < 1.29 is 0 Å². The van der Waals surface area contributed by atoms with Crippen molar-refractivity contribution in [3.8, 4) is 11.4 Å². The minimum atomic E-state index is -0.0901. The van der Waals surface area contributed by atoms with Gasteiger partial charge < -0.3 is 5.32 Å². The molecule has 0 bridgehead atoms. The maximum absolute atomic E-state index is 4.18. The molecule has 1 aliphatic heterocycles. The Hall–Kier alpha value is -1.91. The Balaban J connectivity index is 1.98. The molecular weight excluding hydrogens is 214 g/mol. The van der Waals surface area contributed by atoms with Gasteiger partial charge in [0.05, 0.1) is 0 Å². The number of hydrogen-bond donors (Lipinski definition) is 1. The SMILES string of the molecule is c1ccc2c(c1)NC1(CCCC1)n1nnnc1-2. The van der Waals surface area contributed by atoms with Crippen LogP contribution in [0.4, 0.5) is 5.69 Å². The Morgan fingerprint density at radius 2 is 2.00 bits per heavy atom. The number of fused-ring (bicyclic) bond motifs is 4. The lowest BCUT2D eigenvalue weighted by Gasteiger charge is -2.36. The molecule has 17 heavy (non-hydrogen) atoms. The van der Waals surface area contributed by atoms with Crippen LogP contribution in [-0.2, 0) is 5.66 Å². The molecule has 2 aliphatic rings. The summed E-state index contributed by atoms with van der Waals surface area (Å²) >= 11 is 0. The van der Waals surface area contributed by atoms with E-state index in [-0.39, 0.29) is 5.66 Å². The first-order valence-corrected chi connectivity index (χ1v) is 6.06. The van der Waals surface area contributed by atoms with Crippen molar-refractivity contribution >= 4 is 5.69 Å². The van der Waals surface area contributed by atoms with Crippen LogP contribution < -0.4 is 5.32 Å². The van der Waals surface area contributed by atoms with E-state index in [1.165, 1.54) is 12.8 Å². The van der Waals surface area contributed by atoms with Crippen LogP contribution in [0.15, 0.2) is 24.3 Å². The molecule has 1 fully saturated rings. The first-order chi connectivity index (χ1) is 8.39. The normalized spacial score (nSPS) is 19.8. The van der Waals surface area contributed by atoms with Gasteiger partial charge in [-0.3, -0.25) is 0 Å². The molecule has 2 heterocycles. The highest BCUT2D eigenvalue weighted by molar-refractivity contribution is 5.76. The number of benzene rings is 1. The van der Waals surface area contributed by atoms with Crippen LogP contribution in [0.2, 0.25) is 0 Å². The van der Waals surface area contributed by atoms with Crippen molar-refractivity contribution in [2.75, 3.05) is 5.32 Å². The predicted octanol–water partition coefficient (Wildman–Crippen LogP) is 1.99. The van der Waals surface area contributed by atoms with Crippen LogP contribution in [0.3, 0.4) is 0 Å². The molecule has 0 saturated heterocycles. The third kappa shape index (κ3) is 1.11. The summed E-state index contributed by atoms with van der Waals surface area (Å²) in [5.41, 5.74) is 2.15. The molecule has 1 N–H and O–H groups in total. The molecule has 1 saturated carbocycles. The highest BCUT2D eigenvalue weighted by Gasteiger charge is 2.42. The van der Waals surface area contributed by atoms with Crippen molar-refractivity contribution in [2.24, 2.45) is 0 Å². The average molecular weight is 227 g/mol. The summed E-state index contributed by atoms with van der Waals surface area (Å²) in [6.45, 7) is 0. The molecule has 5 heteroatoms. The second kappa shape index (κ2) is 3.06. The van der Waals surface area contributed by atoms with Crippen LogP contribution in [0.1, 0.15) is 25.7 Å². The van der Waals surface area contributed by atoms with Crippen LogP contribution in [0, 0.1) is 0 Å². The monoisotopic (exact) mass is 227 g/mol. The number of rotatable bonds is 0. The van der Waals surface area contributed by atoms with Gasteiger partial charge in [0.25, 0.3) is 0 Å². The summed E-state index contributed by atoms with van der Waals surface area (Å²) in [6.07, 6.45) is 4.65. The number of tetrazole rings is 1. The molecule has 0 atom stereocenters. The fourth-order valence-corrected chi connectivity index (χ4v) is 3.03. The Bertz CT molecular complexity index is 568. The van der Waals surface area contributed by atoms with Gasteiger partial charge in [-0.2, -0.15) is 4.68 Å². The fraction of sp³-hybridized carbons (Fsp3) is 0.417. The van der Waals surface area contributed by atoms with Gasteiger partial charge >= 0.3 is 0 Å². The van der Waals surface area contributed by atoms with Gasteiger partial charge in [0.15, 0.2) is 5.82 Å². The minimum absolute atomic E-state index is 0.0901. The number of para-hydroxylation sites is 1. The molecular formula is C12H13N5. The molecule has 1 spiro atoms. The largest absolute Gasteiger partial charge is 0.361 e. The molecule has 0 unspecified atom stereocenters. The summed E-state index contributed by atoms with van der Waals surface area (Å²) < 4.78 is 1.97. The minimum Gasteiger partial charge on any atom is -0.361 e. The zero-order valence-electron chi connectivity index (χ0n) is 9.43. The van der Waals surface area contributed by atoms with Gasteiger partial charge in [-0.05, 0) is 48.2 Å². The fourth-order valence-electron chi connectivity index (χ4n) is 3.03. The number of nitrogens with one attached hydrogen (secondary N) is 1. The van der Waals surface area contributed by atoms with Gasteiger partial charge in [-0.25, -0.2) is 0 Å². The first kappa shape index (κ1) is 9.15. The third-order valence-corrected chi connectivity index (χ3v) is 3.84. The van der Waals surface area contributed by atoms with Crippen LogP contribution in [0.5, 0.6) is 0 Å². The molecule has 2 aromatic rings. The molecule has 1 aromatic heterocycles. The lowest BCUT2D eigenvalue weighted by atomic mass is 10.0. The number of anilines is 1. The molecule has 1 aliphatic carbocycles. The molecule has 5 nitrogen and oxygen atoms in total. The lowest BCUT2D eigenvalue weighted by molar-refractivity contribution is 0.302. The standard InChI is InChI=1S/C12H13N5/c1-2-6-10-9(5-1)11-14-15-16-17(11)12(13-10)7-3-4-8-12/h1-2,5-6,13H,3-4,7-8H2. The Kier molecular flexibility index (Phi) is 1.65. The molecule has 0 amide bonds.